The molecule has 0 atom stereocenters. The molecular formula is C16H14N2OS. The van der Waals surface area contributed by atoms with Gasteiger partial charge in [0.15, 0.2) is 5.13 Å². The Morgan fingerprint density at radius 2 is 1.65 bits per heavy atom. The van der Waals surface area contributed by atoms with Crippen molar-refractivity contribution in [2.75, 3.05) is 12.4 Å². The first-order chi connectivity index (χ1) is 9.85. The molecule has 0 unspecified atom stereocenters. The molecular weight excluding hydrogens is 268 g/mol. The fourth-order valence-electron chi connectivity index (χ4n) is 1.84. The Bertz CT molecular complexity index is 677. The van der Waals surface area contributed by atoms with E-state index >= 15 is 0 Å². The summed E-state index contributed by atoms with van der Waals surface area (Å²) in [6.07, 6.45) is 0. The molecule has 1 aromatic heterocycles. The maximum atomic E-state index is 5.77. The van der Waals surface area contributed by atoms with Crippen molar-refractivity contribution in [3.05, 3.63) is 60.0 Å². The smallest absolute Gasteiger partial charge is 0.182 e. The Labute approximate surface area is 121 Å². The zero-order valence-corrected chi connectivity index (χ0v) is 11.9. The molecule has 3 rings (SSSR count). The second-order valence-corrected chi connectivity index (χ2v) is 5.09. The minimum atomic E-state index is 0.823. The summed E-state index contributed by atoms with van der Waals surface area (Å²) in [5.41, 5.74) is 2.06. The lowest BCUT2D eigenvalue weighted by molar-refractivity contribution is 0.483. The van der Waals surface area contributed by atoms with E-state index in [1.54, 1.807) is 11.3 Å². The van der Waals surface area contributed by atoms with Crippen molar-refractivity contribution >= 4 is 16.5 Å². The molecule has 1 heterocycles. The van der Waals surface area contributed by atoms with Crippen LogP contribution in [0.5, 0.6) is 11.5 Å². The van der Waals surface area contributed by atoms with Crippen molar-refractivity contribution in [2.24, 2.45) is 0 Å². The first-order valence-corrected chi connectivity index (χ1v) is 7.20. The summed E-state index contributed by atoms with van der Waals surface area (Å²) in [7, 11) is 1.87. The Kier molecular flexibility index (Phi) is 3.65. The van der Waals surface area contributed by atoms with Crippen LogP contribution in [0.15, 0.2) is 60.0 Å². The zero-order chi connectivity index (χ0) is 13.8. The Hall–Kier alpha value is -2.33. The van der Waals surface area contributed by atoms with Gasteiger partial charge in [0, 0.05) is 18.0 Å². The van der Waals surface area contributed by atoms with E-state index in [9.17, 15) is 0 Å². The van der Waals surface area contributed by atoms with Crippen LogP contribution >= 0.6 is 11.3 Å². The second-order valence-electron chi connectivity index (χ2n) is 4.23. The maximum Gasteiger partial charge on any atom is 0.182 e. The number of thiazole rings is 1. The SMILES string of the molecule is CNc1nc(-c2ccc(Oc3ccccc3)cc2)cs1. The number of ether oxygens (including phenoxy) is 1. The molecule has 4 heteroatoms. The van der Waals surface area contributed by atoms with Crippen LogP contribution in [0.2, 0.25) is 0 Å². The summed E-state index contributed by atoms with van der Waals surface area (Å²) in [4.78, 5) is 4.48. The van der Waals surface area contributed by atoms with E-state index in [4.69, 9.17) is 4.74 Å². The van der Waals surface area contributed by atoms with Gasteiger partial charge in [-0.25, -0.2) is 4.98 Å². The number of aromatic nitrogens is 1. The van der Waals surface area contributed by atoms with Gasteiger partial charge >= 0.3 is 0 Å². The molecule has 0 bridgehead atoms. The second kappa shape index (κ2) is 5.75. The molecule has 100 valence electrons. The van der Waals surface area contributed by atoms with Gasteiger partial charge < -0.3 is 10.1 Å². The molecule has 2 aromatic carbocycles. The highest BCUT2D eigenvalue weighted by Gasteiger charge is 2.04. The highest BCUT2D eigenvalue weighted by Crippen LogP contribution is 2.27. The van der Waals surface area contributed by atoms with E-state index in [0.717, 1.165) is 27.9 Å². The topological polar surface area (TPSA) is 34.2 Å². The van der Waals surface area contributed by atoms with Crippen LogP contribution in [-0.2, 0) is 0 Å². The predicted molar refractivity (Wildman–Crippen MR) is 83.6 cm³/mol. The molecule has 3 nitrogen and oxygen atoms in total. The number of nitrogens with zero attached hydrogens (tertiary/aromatic N) is 1. The van der Waals surface area contributed by atoms with Gasteiger partial charge in [0.05, 0.1) is 5.69 Å². The molecule has 0 aliphatic carbocycles. The van der Waals surface area contributed by atoms with Gasteiger partial charge in [-0.1, -0.05) is 18.2 Å². The van der Waals surface area contributed by atoms with Gasteiger partial charge in [0.25, 0.3) is 0 Å². The molecule has 20 heavy (non-hydrogen) atoms. The monoisotopic (exact) mass is 282 g/mol. The molecule has 0 fully saturated rings. The molecule has 0 radical (unpaired) electrons. The number of hydrogen-bond acceptors (Lipinski definition) is 4. The molecule has 1 N–H and O–H groups in total. The number of benzene rings is 2. The first-order valence-electron chi connectivity index (χ1n) is 6.32. The van der Waals surface area contributed by atoms with E-state index in [2.05, 4.69) is 10.3 Å². The van der Waals surface area contributed by atoms with Crippen LogP contribution in [0.1, 0.15) is 0 Å². The molecule has 0 saturated carbocycles. The lowest BCUT2D eigenvalue weighted by Crippen LogP contribution is -1.86. The fraction of sp³-hybridized carbons (Fsp3) is 0.0625. The minimum Gasteiger partial charge on any atom is -0.457 e. The van der Waals surface area contributed by atoms with Crippen molar-refractivity contribution in [3.8, 4) is 22.8 Å². The number of rotatable bonds is 4. The lowest BCUT2D eigenvalue weighted by atomic mass is 10.2. The van der Waals surface area contributed by atoms with Crippen LogP contribution in [0, 0.1) is 0 Å². The Morgan fingerprint density at radius 1 is 0.950 bits per heavy atom. The van der Waals surface area contributed by atoms with E-state index in [1.807, 2.05) is 67.0 Å². The molecule has 0 amide bonds. The van der Waals surface area contributed by atoms with E-state index < -0.39 is 0 Å². The summed E-state index contributed by atoms with van der Waals surface area (Å²) in [6.45, 7) is 0. The van der Waals surface area contributed by atoms with E-state index in [-0.39, 0.29) is 0 Å². The Morgan fingerprint density at radius 3 is 2.30 bits per heavy atom. The van der Waals surface area contributed by atoms with Gasteiger partial charge in [-0.2, -0.15) is 0 Å². The maximum absolute atomic E-state index is 5.77. The number of para-hydroxylation sites is 1. The van der Waals surface area contributed by atoms with Crippen molar-refractivity contribution in [2.45, 2.75) is 0 Å². The van der Waals surface area contributed by atoms with Crippen LogP contribution in [0.25, 0.3) is 11.3 Å². The van der Waals surface area contributed by atoms with Crippen molar-refractivity contribution in [1.82, 2.24) is 4.98 Å². The predicted octanol–water partition coefficient (Wildman–Crippen LogP) is 4.64. The van der Waals surface area contributed by atoms with Gasteiger partial charge in [0.1, 0.15) is 11.5 Å². The van der Waals surface area contributed by atoms with E-state index in [0.29, 0.717) is 0 Å². The minimum absolute atomic E-state index is 0.823. The zero-order valence-electron chi connectivity index (χ0n) is 11.0. The van der Waals surface area contributed by atoms with Gasteiger partial charge in [-0.15, -0.1) is 11.3 Å². The molecule has 0 aliphatic heterocycles. The van der Waals surface area contributed by atoms with Crippen LogP contribution in [0.4, 0.5) is 5.13 Å². The largest absolute Gasteiger partial charge is 0.457 e. The van der Waals surface area contributed by atoms with Gasteiger partial charge in [0.2, 0.25) is 0 Å². The average molecular weight is 282 g/mol. The van der Waals surface area contributed by atoms with Crippen molar-refractivity contribution < 1.29 is 4.74 Å². The van der Waals surface area contributed by atoms with Crippen LogP contribution in [-0.4, -0.2) is 12.0 Å². The van der Waals surface area contributed by atoms with Crippen LogP contribution in [0.3, 0.4) is 0 Å². The summed E-state index contributed by atoms with van der Waals surface area (Å²) in [5, 5.41) is 6.01. The lowest BCUT2D eigenvalue weighted by Gasteiger charge is -2.05. The first kappa shape index (κ1) is 12.7. The third-order valence-electron chi connectivity index (χ3n) is 2.85. The van der Waals surface area contributed by atoms with Crippen molar-refractivity contribution in [3.63, 3.8) is 0 Å². The van der Waals surface area contributed by atoms with Crippen molar-refractivity contribution in [1.29, 1.82) is 0 Å². The standard InChI is InChI=1S/C16H14N2OS/c1-17-16-18-15(11-20-16)12-7-9-14(10-8-12)19-13-5-3-2-4-6-13/h2-11H,1H3,(H,17,18). The average Bonchev–Trinajstić information content (AvgIpc) is 2.98. The number of hydrogen-bond donors (Lipinski definition) is 1. The van der Waals surface area contributed by atoms with E-state index in [1.165, 1.54) is 0 Å². The molecule has 0 aliphatic rings. The van der Waals surface area contributed by atoms with Crippen LogP contribution < -0.4 is 10.1 Å². The van der Waals surface area contributed by atoms with Gasteiger partial charge in [-0.3, -0.25) is 0 Å². The number of nitrogens with one attached hydrogen (secondary N) is 1. The summed E-state index contributed by atoms with van der Waals surface area (Å²) >= 11 is 1.60. The quantitative estimate of drug-likeness (QED) is 0.756. The fourth-order valence-corrected chi connectivity index (χ4v) is 2.52. The molecule has 0 saturated heterocycles. The normalized spacial score (nSPS) is 10.2. The Balaban J connectivity index is 1.77. The number of anilines is 1. The molecule has 3 aromatic rings. The summed E-state index contributed by atoms with van der Waals surface area (Å²) in [6, 6.07) is 17.7. The third kappa shape index (κ3) is 2.81. The summed E-state index contributed by atoms with van der Waals surface area (Å²) < 4.78 is 5.77. The third-order valence-corrected chi connectivity index (χ3v) is 3.71. The highest BCUT2D eigenvalue weighted by molar-refractivity contribution is 7.14. The highest BCUT2D eigenvalue weighted by atomic mass is 32.1. The van der Waals surface area contributed by atoms with Gasteiger partial charge in [-0.05, 0) is 36.4 Å². The molecule has 0 spiro atoms. The summed E-state index contributed by atoms with van der Waals surface area (Å²) in [5.74, 6) is 1.66.